The van der Waals surface area contributed by atoms with Crippen molar-refractivity contribution < 1.29 is 27.5 Å². The van der Waals surface area contributed by atoms with Gasteiger partial charge in [-0.15, -0.1) is 23.4 Å². The van der Waals surface area contributed by atoms with Gasteiger partial charge in [0.15, 0.2) is 11.5 Å². The average Bonchev–Trinajstić information content (AvgIpc) is 3.30. The van der Waals surface area contributed by atoms with Crippen molar-refractivity contribution in [3.05, 3.63) is 53.3 Å². The molecule has 1 amide bonds. The number of anilines is 1. The van der Waals surface area contributed by atoms with Crippen LogP contribution in [0.5, 0.6) is 5.75 Å². The minimum Gasteiger partial charge on any atom is -0.404 e. The highest BCUT2D eigenvalue weighted by molar-refractivity contribution is 7.14. The number of benzene rings is 1. The molecule has 13 heteroatoms. The van der Waals surface area contributed by atoms with Gasteiger partial charge in [-0.05, 0) is 37.4 Å². The van der Waals surface area contributed by atoms with Crippen molar-refractivity contribution in [1.29, 1.82) is 0 Å². The maximum Gasteiger partial charge on any atom is 0.573 e. The van der Waals surface area contributed by atoms with Gasteiger partial charge in [0.25, 0.3) is 0 Å². The average molecular weight is 521 g/mol. The minimum atomic E-state index is -4.96. The van der Waals surface area contributed by atoms with Crippen LogP contribution in [0.15, 0.2) is 42.7 Å². The lowest BCUT2D eigenvalue weighted by molar-refractivity contribution is -0.274. The second-order valence-electron chi connectivity index (χ2n) is 8.22. The fourth-order valence-corrected chi connectivity index (χ4v) is 4.43. The van der Waals surface area contributed by atoms with Gasteiger partial charge in [-0.1, -0.05) is 11.3 Å². The monoisotopic (exact) mass is 520 g/mol. The second-order valence-corrected chi connectivity index (χ2v) is 9.29. The number of likely N-dealkylation sites (N-methyl/N-ethyl adjacent to an activating group) is 1. The number of ketones is 1. The third-order valence-corrected chi connectivity index (χ3v) is 6.44. The highest BCUT2D eigenvalue weighted by Gasteiger charge is 2.32. The fraction of sp³-hybridized carbons (Fsp3) is 0.348. The molecule has 1 fully saturated rings. The second kappa shape index (κ2) is 11.1. The van der Waals surface area contributed by atoms with Gasteiger partial charge in [0.05, 0.1) is 18.7 Å². The number of alkyl halides is 3. The van der Waals surface area contributed by atoms with E-state index in [0.29, 0.717) is 23.1 Å². The maximum atomic E-state index is 12.9. The summed E-state index contributed by atoms with van der Waals surface area (Å²) < 4.78 is 42.8. The first-order valence-electron chi connectivity index (χ1n) is 11.0. The largest absolute Gasteiger partial charge is 0.573 e. The summed E-state index contributed by atoms with van der Waals surface area (Å²) in [4.78, 5) is 33.4. The topological polar surface area (TPSA) is 101 Å². The van der Waals surface area contributed by atoms with Crippen molar-refractivity contribution in [2.75, 3.05) is 45.1 Å². The first kappa shape index (κ1) is 25.7. The van der Waals surface area contributed by atoms with E-state index in [0.717, 1.165) is 24.7 Å². The molecule has 0 bridgehead atoms. The van der Waals surface area contributed by atoms with Crippen LogP contribution >= 0.6 is 11.3 Å². The van der Waals surface area contributed by atoms with E-state index in [1.807, 2.05) is 11.9 Å². The third-order valence-electron chi connectivity index (χ3n) is 5.47. The summed E-state index contributed by atoms with van der Waals surface area (Å²) in [5, 5.41) is 11.7. The molecule has 1 N–H and O–H groups in total. The van der Waals surface area contributed by atoms with Crippen molar-refractivity contribution in [3.63, 3.8) is 0 Å². The number of ether oxygens (including phenoxy) is 1. The van der Waals surface area contributed by atoms with E-state index < -0.39 is 18.0 Å². The molecule has 0 unspecified atom stereocenters. The standard InChI is InChI=1S/C23H23F3N6O3S/c1-31-8-10-32(11-9-31)14-20(34)28-17-12-16(2-3-19(17)35-23(24,25)26)18(33)13-21-29-30-22(36-21)15-4-6-27-7-5-15/h2-7,12H,8-11,13-14H2,1H3,(H,28,34). The molecule has 0 radical (unpaired) electrons. The first-order chi connectivity index (χ1) is 17.2. The van der Waals surface area contributed by atoms with E-state index >= 15 is 0 Å². The summed E-state index contributed by atoms with van der Waals surface area (Å²) in [6, 6.07) is 6.97. The molecule has 2 aromatic heterocycles. The molecule has 1 aliphatic heterocycles. The number of carbonyl (C=O) groups excluding carboxylic acids is 2. The van der Waals surface area contributed by atoms with Gasteiger partial charge in [-0.3, -0.25) is 19.5 Å². The predicted molar refractivity (Wildman–Crippen MR) is 127 cm³/mol. The van der Waals surface area contributed by atoms with Crippen molar-refractivity contribution in [3.8, 4) is 16.3 Å². The number of pyridine rings is 1. The fourth-order valence-electron chi connectivity index (χ4n) is 3.59. The highest BCUT2D eigenvalue weighted by atomic mass is 32.1. The zero-order valence-corrected chi connectivity index (χ0v) is 20.1. The number of carbonyl (C=O) groups is 2. The number of nitrogens with zero attached hydrogens (tertiary/aromatic N) is 5. The molecule has 1 saturated heterocycles. The van der Waals surface area contributed by atoms with Crippen molar-refractivity contribution in [2.24, 2.45) is 0 Å². The Hall–Kier alpha value is -3.42. The number of rotatable bonds is 8. The van der Waals surface area contributed by atoms with Crippen LogP contribution in [0.25, 0.3) is 10.6 Å². The lowest BCUT2D eigenvalue weighted by Crippen LogP contribution is -2.47. The number of aromatic nitrogens is 3. The number of halogens is 3. The van der Waals surface area contributed by atoms with E-state index in [1.165, 1.54) is 23.5 Å². The van der Waals surface area contributed by atoms with Gasteiger partial charge in [0.1, 0.15) is 10.0 Å². The Bertz CT molecular complexity index is 1210. The molecule has 0 saturated carbocycles. The van der Waals surface area contributed by atoms with Gasteiger partial charge in [0.2, 0.25) is 5.91 Å². The molecule has 0 aliphatic carbocycles. The summed E-state index contributed by atoms with van der Waals surface area (Å²) in [6.45, 7) is 2.91. The van der Waals surface area contributed by atoms with Gasteiger partial charge in [-0.25, -0.2) is 0 Å². The highest BCUT2D eigenvalue weighted by Crippen LogP contribution is 2.32. The van der Waals surface area contributed by atoms with Crippen LogP contribution in [0, 0.1) is 0 Å². The molecule has 0 atom stereocenters. The van der Waals surface area contributed by atoms with Crippen LogP contribution in [-0.2, 0) is 11.2 Å². The molecule has 3 aromatic rings. The Morgan fingerprint density at radius 1 is 1.08 bits per heavy atom. The normalized spacial score (nSPS) is 15.0. The first-order valence-corrected chi connectivity index (χ1v) is 11.8. The van der Waals surface area contributed by atoms with E-state index in [-0.39, 0.29) is 30.0 Å². The van der Waals surface area contributed by atoms with Crippen LogP contribution in [-0.4, -0.2) is 82.8 Å². The number of amides is 1. The van der Waals surface area contributed by atoms with E-state index in [1.54, 1.807) is 24.5 Å². The molecule has 3 heterocycles. The van der Waals surface area contributed by atoms with Crippen LogP contribution in [0.2, 0.25) is 0 Å². The van der Waals surface area contributed by atoms with Crippen LogP contribution in [0.3, 0.4) is 0 Å². The minimum absolute atomic E-state index is 0.0139. The summed E-state index contributed by atoms with van der Waals surface area (Å²) >= 11 is 1.23. The lowest BCUT2D eigenvalue weighted by atomic mass is 10.1. The number of hydrogen-bond donors (Lipinski definition) is 1. The van der Waals surface area contributed by atoms with Crippen molar-refractivity contribution >= 4 is 28.7 Å². The molecule has 1 aliphatic rings. The summed E-state index contributed by atoms with van der Waals surface area (Å²) in [7, 11) is 1.97. The quantitative estimate of drug-likeness (QED) is 0.453. The number of hydrogen-bond acceptors (Lipinski definition) is 9. The zero-order chi connectivity index (χ0) is 25.7. The molecule has 4 rings (SSSR count). The molecular weight excluding hydrogens is 497 g/mol. The van der Waals surface area contributed by atoms with E-state index in [9.17, 15) is 22.8 Å². The zero-order valence-electron chi connectivity index (χ0n) is 19.3. The Balaban J connectivity index is 1.48. The smallest absolute Gasteiger partial charge is 0.404 e. The van der Waals surface area contributed by atoms with Crippen LogP contribution < -0.4 is 10.1 Å². The molecule has 0 spiro atoms. The van der Waals surface area contributed by atoms with E-state index in [4.69, 9.17) is 0 Å². The number of Topliss-reactive ketones (excluding diaryl/α,β-unsaturated/α-hetero) is 1. The summed E-state index contributed by atoms with van der Waals surface area (Å²) in [5.41, 5.74) is 0.687. The Morgan fingerprint density at radius 2 is 1.81 bits per heavy atom. The molecule has 36 heavy (non-hydrogen) atoms. The third kappa shape index (κ3) is 7.06. The summed E-state index contributed by atoms with van der Waals surface area (Å²) in [6.07, 6.45) is -1.83. The number of piperazine rings is 1. The van der Waals surface area contributed by atoms with Gasteiger partial charge >= 0.3 is 6.36 Å². The molecule has 190 valence electrons. The summed E-state index contributed by atoms with van der Waals surface area (Å²) in [5.74, 6) is -1.48. The molecular formula is C23H23F3N6O3S. The van der Waals surface area contributed by atoms with E-state index in [2.05, 4.69) is 30.1 Å². The number of nitrogens with one attached hydrogen (secondary N) is 1. The maximum absolute atomic E-state index is 12.9. The molecule has 9 nitrogen and oxygen atoms in total. The predicted octanol–water partition coefficient (Wildman–Crippen LogP) is 3.11. The Kier molecular flexibility index (Phi) is 7.91. The van der Waals surface area contributed by atoms with Crippen molar-refractivity contribution in [1.82, 2.24) is 25.0 Å². The molecule has 1 aromatic carbocycles. The van der Waals surface area contributed by atoms with Gasteiger partial charge < -0.3 is 15.0 Å². The Morgan fingerprint density at radius 3 is 2.50 bits per heavy atom. The van der Waals surface area contributed by atoms with Crippen LogP contribution in [0.4, 0.5) is 18.9 Å². The Labute approximate surface area is 208 Å². The van der Waals surface area contributed by atoms with Gasteiger partial charge in [0, 0.05) is 49.7 Å². The SMILES string of the molecule is CN1CCN(CC(=O)Nc2cc(C(=O)Cc3nnc(-c4ccncc4)s3)ccc2OC(F)(F)F)CC1. The van der Waals surface area contributed by atoms with Gasteiger partial charge in [-0.2, -0.15) is 0 Å². The lowest BCUT2D eigenvalue weighted by Gasteiger charge is -2.31. The van der Waals surface area contributed by atoms with Crippen molar-refractivity contribution in [2.45, 2.75) is 12.8 Å². The van der Waals surface area contributed by atoms with Crippen LogP contribution in [0.1, 0.15) is 15.4 Å².